The zero-order chi connectivity index (χ0) is 28.2. The number of carboxylic acid groups (broad SMARTS) is 4. The summed E-state index contributed by atoms with van der Waals surface area (Å²) < 4.78 is 0. The average molecular weight is 521 g/mol. The van der Waals surface area contributed by atoms with Gasteiger partial charge in [0, 0.05) is 28.4 Å². The molecule has 10 nitrogen and oxygen atoms in total. The number of rotatable bonds is 7. The molecule has 0 spiro atoms. The zero-order valence-corrected chi connectivity index (χ0v) is 21.2. The minimum Gasteiger partial charge on any atom is -0.479 e. The molecule has 2 heterocycles. The zero-order valence-electron chi connectivity index (χ0n) is 21.2. The molecule has 0 saturated heterocycles. The molecule has 0 saturated carbocycles. The topological polar surface area (TPSA) is 173 Å². The van der Waals surface area contributed by atoms with Crippen LogP contribution in [0.2, 0.25) is 0 Å². The predicted molar refractivity (Wildman–Crippen MR) is 140 cm³/mol. The molecule has 0 amide bonds. The number of nitrogens with one attached hydrogen (secondary N) is 2. The van der Waals surface area contributed by atoms with Gasteiger partial charge in [-0.05, 0) is 67.3 Å². The molecule has 4 rings (SSSR count). The van der Waals surface area contributed by atoms with Gasteiger partial charge in [0.15, 0.2) is 11.1 Å². The Hall–Kier alpha value is -4.60. The lowest BCUT2D eigenvalue weighted by Crippen LogP contribution is -2.44. The van der Waals surface area contributed by atoms with E-state index in [2.05, 4.69) is 10.6 Å². The lowest BCUT2D eigenvalue weighted by molar-refractivity contribution is -0.141. The van der Waals surface area contributed by atoms with E-state index in [0.29, 0.717) is 22.5 Å². The van der Waals surface area contributed by atoms with E-state index in [0.717, 1.165) is 11.1 Å². The molecular weight excluding hydrogens is 492 g/mol. The van der Waals surface area contributed by atoms with Crippen LogP contribution in [-0.4, -0.2) is 55.4 Å². The highest BCUT2D eigenvalue weighted by molar-refractivity contribution is 6.20. The summed E-state index contributed by atoms with van der Waals surface area (Å²) in [4.78, 5) is 47.7. The lowest BCUT2D eigenvalue weighted by atomic mass is 9.78. The van der Waals surface area contributed by atoms with Gasteiger partial charge in [-0.1, -0.05) is 26.0 Å². The number of aliphatic carboxylic acids is 4. The number of hydrogen-bond acceptors (Lipinski definition) is 6. The highest BCUT2D eigenvalue weighted by atomic mass is 16.4. The van der Waals surface area contributed by atoms with Gasteiger partial charge in [-0.2, -0.15) is 0 Å². The molecule has 38 heavy (non-hydrogen) atoms. The number of carboxylic acids is 4. The SMILES string of the molecule is CC(C)C(c1ccc2c(c1)C(C(=O)O)=CC(C)(C(=O)O)N2)c1ccc2c(c1)C(C(=O)O)=CC(C)(C(=O)O)N2. The van der Waals surface area contributed by atoms with Crippen LogP contribution >= 0.6 is 0 Å². The summed E-state index contributed by atoms with van der Waals surface area (Å²) >= 11 is 0. The Morgan fingerprint density at radius 1 is 0.684 bits per heavy atom. The van der Waals surface area contributed by atoms with Crippen molar-refractivity contribution >= 4 is 46.4 Å². The van der Waals surface area contributed by atoms with Crippen molar-refractivity contribution in [1.82, 2.24) is 0 Å². The summed E-state index contributed by atoms with van der Waals surface area (Å²) in [5.74, 6) is -5.21. The van der Waals surface area contributed by atoms with Crippen molar-refractivity contribution in [2.24, 2.45) is 5.92 Å². The summed E-state index contributed by atoms with van der Waals surface area (Å²) in [6.45, 7) is 6.72. The molecule has 0 aromatic heterocycles. The van der Waals surface area contributed by atoms with Crippen molar-refractivity contribution in [3.05, 3.63) is 70.8 Å². The van der Waals surface area contributed by atoms with Gasteiger partial charge >= 0.3 is 23.9 Å². The van der Waals surface area contributed by atoms with Crippen LogP contribution in [0, 0.1) is 5.92 Å². The van der Waals surface area contributed by atoms with Crippen molar-refractivity contribution < 1.29 is 39.6 Å². The second kappa shape index (κ2) is 9.05. The summed E-state index contributed by atoms with van der Waals surface area (Å²) in [6.07, 6.45) is 2.37. The van der Waals surface area contributed by atoms with Crippen molar-refractivity contribution in [3.8, 4) is 0 Å². The monoisotopic (exact) mass is 520 g/mol. The maximum Gasteiger partial charge on any atom is 0.336 e. The molecular formula is C28H28N2O8. The van der Waals surface area contributed by atoms with E-state index in [1.807, 2.05) is 13.8 Å². The van der Waals surface area contributed by atoms with E-state index in [4.69, 9.17) is 0 Å². The molecule has 0 fully saturated rings. The van der Waals surface area contributed by atoms with Gasteiger partial charge in [0.25, 0.3) is 0 Å². The summed E-state index contributed by atoms with van der Waals surface area (Å²) in [5, 5.41) is 44.7. The smallest absolute Gasteiger partial charge is 0.336 e. The van der Waals surface area contributed by atoms with Gasteiger partial charge in [-0.3, -0.25) is 0 Å². The van der Waals surface area contributed by atoms with Crippen molar-refractivity contribution in [1.29, 1.82) is 0 Å². The van der Waals surface area contributed by atoms with Crippen LogP contribution in [0.15, 0.2) is 48.6 Å². The van der Waals surface area contributed by atoms with E-state index in [9.17, 15) is 39.6 Å². The van der Waals surface area contributed by atoms with Gasteiger partial charge in [0.05, 0.1) is 11.1 Å². The summed E-state index contributed by atoms with van der Waals surface area (Å²) in [7, 11) is 0. The van der Waals surface area contributed by atoms with Crippen LogP contribution in [0.25, 0.3) is 11.1 Å². The number of anilines is 2. The molecule has 198 valence electrons. The van der Waals surface area contributed by atoms with E-state index in [-0.39, 0.29) is 23.0 Å². The largest absolute Gasteiger partial charge is 0.479 e. The van der Waals surface area contributed by atoms with E-state index >= 15 is 0 Å². The fourth-order valence-electron chi connectivity index (χ4n) is 5.09. The summed E-state index contributed by atoms with van der Waals surface area (Å²) in [5.41, 5.74) is -0.481. The average Bonchev–Trinajstić information content (AvgIpc) is 2.83. The van der Waals surface area contributed by atoms with Crippen LogP contribution in [0.4, 0.5) is 11.4 Å². The number of fused-ring (bicyclic) bond motifs is 2. The third-order valence-electron chi connectivity index (χ3n) is 7.06. The standard InChI is InChI=1S/C28H28N2O8/c1-13(2)22(14-5-7-20-16(9-14)18(23(31)32)11-27(3,29-20)25(35)36)15-6-8-21-17(10-15)19(24(33)34)12-28(4,30-21)26(37)38/h5-13,22,29-30H,1-4H3,(H,31,32)(H,33,34)(H,35,36)(H,37,38). The fourth-order valence-corrected chi connectivity index (χ4v) is 5.09. The Kier molecular flexibility index (Phi) is 6.30. The third kappa shape index (κ3) is 4.38. The van der Waals surface area contributed by atoms with Crippen molar-refractivity contribution in [3.63, 3.8) is 0 Å². The van der Waals surface area contributed by atoms with Gasteiger partial charge in [-0.15, -0.1) is 0 Å². The molecule has 10 heteroatoms. The maximum atomic E-state index is 12.1. The summed E-state index contributed by atoms with van der Waals surface area (Å²) in [6, 6.07) is 10.3. The second-order valence-corrected chi connectivity index (χ2v) is 10.3. The minimum absolute atomic E-state index is 0.00212. The Labute approximate surface area is 218 Å². The van der Waals surface area contributed by atoms with Crippen LogP contribution in [0.3, 0.4) is 0 Å². The Morgan fingerprint density at radius 2 is 1.05 bits per heavy atom. The Balaban J connectivity index is 1.84. The molecule has 2 aromatic rings. The van der Waals surface area contributed by atoms with Crippen molar-refractivity contribution in [2.45, 2.75) is 44.7 Å². The molecule has 0 radical (unpaired) electrons. The van der Waals surface area contributed by atoms with Gasteiger partial charge in [0.1, 0.15) is 0 Å². The normalized spacial score (nSPS) is 22.6. The predicted octanol–water partition coefficient (Wildman–Crippen LogP) is 3.95. The van der Waals surface area contributed by atoms with Crippen molar-refractivity contribution in [2.75, 3.05) is 10.6 Å². The first-order chi connectivity index (χ1) is 17.7. The van der Waals surface area contributed by atoms with Gasteiger partial charge in [0.2, 0.25) is 0 Å². The first-order valence-electron chi connectivity index (χ1n) is 11.9. The number of carbonyl (C=O) groups is 4. The second-order valence-electron chi connectivity index (χ2n) is 10.3. The third-order valence-corrected chi connectivity index (χ3v) is 7.06. The fraction of sp³-hybridized carbons (Fsp3) is 0.286. The quantitative estimate of drug-likeness (QED) is 0.314. The maximum absolute atomic E-state index is 12.1. The van der Waals surface area contributed by atoms with E-state index in [1.54, 1.807) is 36.4 Å². The molecule has 2 aliphatic rings. The first-order valence-corrected chi connectivity index (χ1v) is 11.9. The highest BCUT2D eigenvalue weighted by Gasteiger charge is 2.39. The molecule has 0 bridgehead atoms. The highest BCUT2D eigenvalue weighted by Crippen LogP contribution is 2.42. The number of hydrogen-bond donors (Lipinski definition) is 6. The molecule has 0 aliphatic carbocycles. The van der Waals surface area contributed by atoms with Gasteiger partial charge in [-0.25, -0.2) is 19.2 Å². The first kappa shape index (κ1) is 26.5. The Morgan fingerprint density at radius 3 is 1.34 bits per heavy atom. The molecule has 2 unspecified atom stereocenters. The van der Waals surface area contributed by atoms with E-state index < -0.39 is 35.0 Å². The van der Waals surface area contributed by atoms with Gasteiger partial charge < -0.3 is 31.1 Å². The van der Waals surface area contributed by atoms with Crippen LogP contribution < -0.4 is 10.6 Å². The molecule has 2 atom stereocenters. The Bertz CT molecular complexity index is 1350. The van der Waals surface area contributed by atoms with Crippen LogP contribution in [0.1, 0.15) is 55.9 Å². The number of benzene rings is 2. The molecule has 6 N–H and O–H groups in total. The van der Waals surface area contributed by atoms with E-state index in [1.165, 1.54) is 26.0 Å². The molecule has 2 aromatic carbocycles. The lowest BCUT2D eigenvalue weighted by Gasteiger charge is -2.33. The minimum atomic E-state index is -1.59. The van der Waals surface area contributed by atoms with Crippen LogP contribution in [0.5, 0.6) is 0 Å². The molecule has 2 aliphatic heterocycles. The van der Waals surface area contributed by atoms with Crippen LogP contribution in [-0.2, 0) is 19.2 Å².